The van der Waals surface area contributed by atoms with Crippen LogP contribution < -0.4 is 10.2 Å². The van der Waals surface area contributed by atoms with Crippen molar-refractivity contribution in [2.45, 2.75) is 32.2 Å². The van der Waals surface area contributed by atoms with Crippen LogP contribution in [0.25, 0.3) is 0 Å². The van der Waals surface area contributed by atoms with Gasteiger partial charge in [-0.3, -0.25) is 9.59 Å². The molecule has 0 radical (unpaired) electrons. The highest BCUT2D eigenvalue weighted by Gasteiger charge is 2.25. The zero-order valence-corrected chi connectivity index (χ0v) is 16.4. The predicted molar refractivity (Wildman–Crippen MR) is 110 cm³/mol. The number of amides is 2. The van der Waals surface area contributed by atoms with Crippen molar-refractivity contribution < 1.29 is 14.3 Å². The van der Waals surface area contributed by atoms with E-state index in [1.807, 2.05) is 42.5 Å². The van der Waals surface area contributed by atoms with Gasteiger partial charge in [-0.2, -0.15) is 0 Å². The molecule has 1 aliphatic carbocycles. The molecule has 0 atom stereocenters. The lowest BCUT2D eigenvalue weighted by molar-refractivity contribution is -0.121. The number of carbonyl (C=O) groups excluding carboxylic acids is 2. The van der Waals surface area contributed by atoms with Crippen LogP contribution in [0.1, 0.15) is 30.4 Å². The first-order chi connectivity index (χ1) is 13.6. The summed E-state index contributed by atoms with van der Waals surface area (Å²) in [6, 6.07) is 13.2. The van der Waals surface area contributed by atoms with Gasteiger partial charge < -0.3 is 15.0 Å². The van der Waals surface area contributed by atoms with Crippen molar-refractivity contribution in [3.63, 3.8) is 0 Å². The Morgan fingerprint density at radius 2 is 1.93 bits per heavy atom. The van der Waals surface area contributed by atoms with Gasteiger partial charge in [-0.25, -0.2) is 0 Å². The minimum absolute atomic E-state index is 0.0781. The maximum atomic E-state index is 12.5. The monoisotopic (exact) mass is 398 g/mol. The van der Waals surface area contributed by atoms with E-state index < -0.39 is 0 Å². The third-order valence-electron chi connectivity index (χ3n) is 5.10. The second-order valence-corrected chi connectivity index (χ2v) is 7.89. The summed E-state index contributed by atoms with van der Waals surface area (Å²) in [5, 5.41) is 3.56. The molecule has 2 aromatic rings. The quantitative estimate of drug-likeness (QED) is 0.760. The lowest BCUT2D eigenvalue weighted by Gasteiger charge is -2.30. The molecule has 0 spiro atoms. The van der Waals surface area contributed by atoms with Crippen LogP contribution >= 0.6 is 11.6 Å². The minimum atomic E-state index is -0.148. The highest BCUT2D eigenvalue weighted by Crippen LogP contribution is 2.32. The Bertz CT molecular complexity index is 878. The molecule has 2 aromatic carbocycles. The Morgan fingerprint density at radius 1 is 1.14 bits per heavy atom. The largest absolute Gasteiger partial charge is 0.371 e. The Kier molecular flexibility index (Phi) is 5.64. The summed E-state index contributed by atoms with van der Waals surface area (Å²) in [6.07, 6.45) is 3.55. The summed E-state index contributed by atoms with van der Waals surface area (Å²) in [7, 11) is 0. The predicted octanol–water partition coefficient (Wildman–Crippen LogP) is 4.18. The molecule has 0 saturated heterocycles. The summed E-state index contributed by atoms with van der Waals surface area (Å²) >= 11 is 5.95. The SMILES string of the molecule is O=C(COCC1CC1)Nc1ccc2c(c1)CCC(=O)N2Cc1ccc(Cl)cc1. The average molecular weight is 399 g/mol. The van der Waals surface area contributed by atoms with Gasteiger partial charge in [0.1, 0.15) is 6.61 Å². The Morgan fingerprint density at radius 3 is 2.68 bits per heavy atom. The zero-order chi connectivity index (χ0) is 19.5. The van der Waals surface area contributed by atoms with Crippen molar-refractivity contribution in [2.75, 3.05) is 23.4 Å². The normalized spacial score (nSPS) is 16.0. The van der Waals surface area contributed by atoms with E-state index >= 15 is 0 Å². The van der Waals surface area contributed by atoms with Gasteiger partial charge >= 0.3 is 0 Å². The fourth-order valence-electron chi connectivity index (χ4n) is 3.38. The standard InChI is InChI=1S/C22H23ClN2O3/c23-18-6-3-15(4-7-18)12-25-20-9-8-19(11-17(20)5-10-22(25)27)24-21(26)14-28-13-16-1-2-16/h3-4,6-9,11,16H,1-2,5,10,12-14H2,(H,24,26). The minimum Gasteiger partial charge on any atom is -0.371 e. The molecule has 6 heteroatoms. The van der Waals surface area contributed by atoms with Crippen LogP contribution in [0.5, 0.6) is 0 Å². The summed E-state index contributed by atoms with van der Waals surface area (Å²) in [6.45, 7) is 1.25. The van der Waals surface area contributed by atoms with E-state index in [9.17, 15) is 9.59 Å². The smallest absolute Gasteiger partial charge is 0.250 e. The first-order valence-electron chi connectivity index (χ1n) is 9.64. The number of ether oxygens (including phenoxy) is 1. The molecule has 1 saturated carbocycles. The average Bonchev–Trinajstić information content (AvgIpc) is 3.50. The number of carbonyl (C=O) groups is 2. The first-order valence-corrected chi connectivity index (χ1v) is 10.0. The zero-order valence-electron chi connectivity index (χ0n) is 15.6. The second kappa shape index (κ2) is 8.33. The molecule has 2 aliphatic rings. The van der Waals surface area contributed by atoms with Crippen LogP contribution in [0.15, 0.2) is 42.5 Å². The van der Waals surface area contributed by atoms with E-state index in [0.717, 1.165) is 22.5 Å². The number of nitrogens with one attached hydrogen (secondary N) is 1. The number of aryl methyl sites for hydroxylation is 1. The van der Waals surface area contributed by atoms with Gasteiger partial charge in [0.15, 0.2) is 0 Å². The van der Waals surface area contributed by atoms with Gasteiger partial charge in [0.2, 0.25) is 11.8 Å². The van der Waals surface area contributed by atoms with Gasteiger partial charge in [-0.15, -0.1) is 0 Å². The first kappa shape index (κ1) is 19.0. The van der Waals surface area contributed by atoms with E-state index in [2.05, 4.69) is 5.32 Å². The van der Waals surface area contributed by atoms with Crippen molar-refractivity contribution in [3.8, 4) is 0 Å². The third-order valence-corrected chi connectivity index (χ3v) is 5.35. The molecule has 1 fully saturated rings. The number of rotatable bonds is 7. The fourth-order valence-corrected chi connectivity index (χ4v) is 3.51. The van der Waals surface area contributed by atoms with Gasteiger partial charge in [0, 0.05) is 22.8 Å². The van der Waals surface area contributed by atoms with E-state index in [1.54, 1.807) is 4.90 Å². The van der Waals surface area contributed by atoms with Gasteiger partial charge in [-0.1, -0.05) is 23.7 Å². The van der Waals surface area contributed by atoms with Gasteiger partial charge in [0.05, 0.1) is 13.2 Å². The lowest BCUT2D eigenvalue weighted by Crippen LogP contribution is -2.34. The summed E-state index contributed by atoms with van der Waals surface area (Å²) < 4.78 is 5.44. The molecule has 1 N–H and O–H groups in total. The molecule has 0 bridgehead atoms. The summed E-state index contributed by atoms with van der Waals surface area (Å²) in [5.74, 6) is 0.596. The van der Waals surface area contributed by atoms with E-state index in [0.29, 0.717) is 36.9 Å². The van der Waals surface area contributed by atoms with E-state index in [1.165, 1.54) is 12.8 Å². The molecule has 1 heterocycles. The maximum Gasteiger partial charge on any atom is 0.250 e. The highest BCUT2D eigenvalue weighted by atomic mass is 35.5. The second-order valence-electron chi connectivity index (χ2n) is 7.46. The van der Waals surface area contributed by atoms with Crippen LogP contribution in [0, 0.1) is 5.92 Å². The fraction of sp³-hybridized carbons (Fsp3) is 0.364. The van der Waals surface area contributed by atoms with Crippen LogP contribution in [0.3, 0.4) is 0 Å². The number of halogens is 1. The highest BCUT2D eigenvalue weighted by molar-refractivity contribution is 6.30. The van der Waals surface area contributed by atoms with Crippen molar-refractivity contribution in [3.05, 3.63) is 58.6 Å². The van der Waals surface area contributed by atoms with E-state index in [-0.39, 0.29) is 18.4 Å². The molecule has 146 valence electrons. The van der Waals surface area contributed by atoms with Crippen LogP contribution in [0.2, 0.25) is 5.02 Å². The molecular weight excluding hydrogens is 376 g/mol. The number of hydrogen-bond donors (Lipinski definition) is 1. The van der Waals surface area contributed by atoms with Crippen molar-refractivity contribution in [1.29, 1.82) is 0 Å². The van der Waals surface area contributed by atoms with Crippen molar-refractivity contribution in [1.82, 2.24) is 0 Å². The molecule has 4 rings (SSSR count). The van der Waals surface area contributed by atoms with Gasteiger partial charge in [0.25, 0.3) is 0 Å². The van der Waals surface area contributed by atoms with Crippen molar-refractivity contribution >= 4 is 34.8 Å². The van der Waals surface area contributed by atoms with Crippen molar-refractivity contribution in [2.24, 2.45) is 5.92 Å². The van der Waals surface area contributed by atoms with E-state index in [4.69, 9.17) is 16.3 Å². The molecule has 5 nitrogen and oxygen atoms in total. The molecular formula is C22H23ClN2O3. The Balaban J connectivity index is 1.43. The van der Waals surface area contributed by atoms with Crippen LogP contribution in [0.4, 0.5) is 11.4 Å². The molecule has 0 unspecified atom stereocenters. The Hall–Kier alpha value is -2.37. The number of anilines is 2. The van der Waals surface area contributed by atoms with Crippen LogP contribution in [-0.4, -0.2) is 25.0 Å². The number of benzene rings is 2. The number of hydrogen-bond acceptors (Lipinski definition) is 3. The number of fused-ring (bicyclic) bond motifs is 1. The van der Waals surface area contributed by atoms with Crippen LogP contribution in [-0.2, 0) is 27.3 Å². The molecule has 2 amide bonds. The molecule has 28 heavy (non-hydrogen) atoms. The maximum absolute atomic E-state index is 12.5. The topological polar surface area (TPSA) is 58.6 Å². The number of nitrogens with zero attached hydrogens (tertiary/aromatic N) is 1. The summed E-state index contributed by atoms with van der Waals surface area (Å²) in [4.78, 5) is 26.3. The molecule has 0 aromatic heterocycles. The Labute approximate surface area is 169 Å². The molecule has 1 aliphatic heterocycles. The summed E-state index contributed by atoms with van der Waals surface area (Å²) in [5.41, 5.74) is 3.72. The third kappa shape index (κ3) is 4.72. The lowest BCUT2D eigenvalue weighted by atomic mass is 9.99. The van der Waals surface area contributed by atoms with Gasteiger partial charge in [-0.05, 0) is 66.6 Å².